The van der Waals surface area contributed by atoms with E-state index in [1.165, 1.54) is 36.9 Å². The van der Waals surface area contributed by atoms with Crippen LogP contribution >= 0.6 is 23.1 Å². The van der Waals surface area contributed by atoms with Gasteiger partial charge in [-0.05, 0) is 25.1 Å². The van der Waals surface area contributed by atoms with Crippen LogP contribution in [0.2, 0.25) is 0 Å². The van der Waals surface area contributed by atoms with Crippen molar-refractivity contribution < 1.29 is 24.0 Å². The first-order valence-corrected chi connectivity index (χ1v) is 11.5. The minimum Gasteiger partial charge on any atom is -0.449 e. The van der Waals surface area contributed by atoms with E-state index in [-0.39, 0.29) is 22.3 Å². The molecular weight excluding hydrogens is 468 g/mol. The molecular formula is C21H16N4O6S2. The molecule has 0 saturated heterocycles. The van der Waals surface area contributed by atoms with Gasteiger partial charge < -0.3 is 10.1 Å². The summed E-state index contributed by atoms with van der Waals surface area (Å²) in [5.41, 5.74) is 1.68. The molecule has 1 unspecified atom stereocenters. The maximum atomic E-state index is 12.5. The molecule has 1 aromatic heterocycles. The number of rotatable bonds is 6. The fourth-order valence-corrected chi connectivity index (χ4v) is 4.45. The topological polar surface area (TPSA) is 141 Å². The number of hydrogen-bond acceptors (Lipinski definition) is 9. The lowest BCUT2D eigenvalue weighted by Gasteiger charge is -2.17. The molecule has 168 valence electrons. The number of nitrogens with one attached hydrogen (secondary N) is 2. The molecule has 0 saturated carbocycles. The summed E-state index contributed by atoms with van der Waals surface area (Å²) >= 11 is 2.51. The SMILES string of the molecule is CC(OC(=O)c1ccc2c(c1)NC(=O)CS2)C(=O)Nc1nc(-c2cccc([N+](=O)[O-])c2)cs1. The predicted molar refractivity (Wildman–Crippen MR) is 124 cm³/mol. The molecule has 3 aromatic rings. The molecule has 2 aromatic carbocycles. The zero-order chi connectivity index (χ0) is 23.5. The van der Waals surface area contributed by atoms with Crippen molar-refractivity contribution in [1.29, 1.82) is 0 Å². The second-order valence-electron chi connectivity index (χ2n) is 6.93. The number of amides is 2. The molecule has 33 heavy (non-hydrogen) atoms. The van der Waals surface area contributed by atoms with Crippen molar-refractivity contribution in [2.24, 2.45) is 0 Å². The number of fused-ring (bicyclic) bond motifs is 1. The molecule has 10 nitrogen and oxygen atoms in total. The van der Waals surface area contributed by atoms with Crippen LogP contribution in [0.3, 0.4) is 0 Å². The second kappa shape index (κ2) is 9.38. The summed E-state index contributed by atoms with van der Waals surface area (Å²) in [6, 6.07) is 10.8. The van der Waals surface area contributed by atoms with Gasteiger partial charge in [-0.15, -0.1) is 23.1 Å². The Morgan fingerprint density at radius 3 is 2.88 bits per heavy atom. The lowest BCUT2D eigenvalue weighted by molar-refractivity contribution is -0.384. The third kappa shape index (κ3) is 5.18. The summed E-state index contributed by atoms with van der Waals surface area (Å²) in [7, 11) is 0. The Morgan fingerprint density at radius 1 is 1.27 bits per heavy atom. The number of thioether (sulfide) groups is 1. The van der Waals surface area contributed by atoms with Crippen LogP contribution in [0.4, 0.5) is 16.5 Å². The molecule has 2 heterocycles. The average Bonchev–Trinajstić information content (AvgIpc) is 3.27. The summed E-state index contributed by atoms with van der Waals surface area (Å²) < 4.78 is 5.25. The molecule has 1 aliphatic heterocycles. The largest absolute Gasteiger partial charge is 0.449 e. The number of ether oxygens (including phenoxy) is 1. The Balaban J connectivity index is 1.39. The van der Waals surface area contributed by atoms with Gasteiger partial charge in [-0.1, -0.05) is 12.1 Å². The average molecular weight is 485 g/mol. The van der Waals surface area contributed by atoms with Crippen LogP contribution in [-0.4, -0.2) is 39.5 Å². The number of nitro benzene ring substituents is 1. The van der Waals surface area contributed by atoms with Crippen LogP contribution < -0.4 is 10.6 Å². The molecule has 0 fully saturated rings. The van der Waals surface area contributed by atoms with Gasteiger partial charge in [0, 0.05) is 28.0 Å². The van der Waals surface area contributed by atoms with Crippen LogP contribution in [0.5, 0.6) is 0 Å². The summed E-state index contributed by atoms with van der Waals surface area (Å²) in [6.07, 6.45) is -1.11. The number of non-ortho nitro benzene ring substituents is 1. The Hall–Kier alpha value is -3.77. The molecule has 1 aliphatic rings. The molecule has 2 N–H and O–H groups in total. The Morgan fingerprint density at radius 2 is 2.09 bits per heavy atom. The smallest absolute Gasteiger partial charge is 0.338 e. The zero-order valence-electron chi connectivity index (χ0n) is 17.1. The van der Waals surface area contributed by atoms with E-state index < -0.39 is 22.9 Å². The number of anilines is 2. The van der Waals surface area contributed by atoms with Gasteiger partial charge in [0.1, 0.15) is 0 Å². The van der Waals surface area contributed by atoms with Crippen LogP contribution in [0.25, 0.3) is 11.3 Å². The molecule has 12 heteroatoms. The highest BCUT2D eigenvalue weighted by Crippen LogP contribution is 2.32. The van der Waals surface area contributed by atoms with Gasteiger partial charge in [0.25, 0.3) is 11.6 Å². The van der Waals surface area contributed by atoms with Crippen molar-refractivity contribution in [1.82, 2.24) is 4.98 Å². The molecule has 0 aliphatic carbocycles. The molecule has 2 amide bonds. The highest BCUT2D eigenvalue weighted by Gasteiger charge is 2.22. The number of benzene rings is 2. The quantitative estimate of drug-likeness (QED) is 0.304. The number of carbonyl (C=O) groups is 3. The molecule has 0 spiro atoms. The Kier molecular flexibility index (Phi) is 6.38. The normalized spacial score (nSPS) is 13.4. The van der Waals surface area contributed by atoms with E-state index in [0.717, 1.165) is 16.2 Å². The first-order valence-electron chi connectivity index (χ1n) is 9.59. The monoisotopic (exact) mass is 484 g/mol. The molecule has 0 bridgehead atoms. The lowest BCUT2D eigenvalue weighted by Crippen LogP contribution is -2.30. The van der Waals surface area contributed by atoms with E-state index in [0.29, 0.717) is 22.7 Å². The van der Waals surface area contributed by atoms with Gasteiger partial charge in [-0.3, -0.25) is 25.0 Å². The van der Waals surface area contributed by atoms with Crippen LogP contribution in [-0.2, 0) is 14.3 Å². The molecule has 0 radical (unpaired) electrons. The number of hydrogen-bond donors (Lipinski definition) is 2. The molecule has 1 atom stereocenters. The number of thiazole rings is 1. The zero-order valence-corrected chi connectivity index (χ0v) is 18.7. The maximum Gasteiger partial charge on any atom is 0.338 e. The highest BCUT2D eigenvalue weighted by atomic mass is 32.2. The van der Waals surface area contributed by atoms with Crippen molar-refractivity contribution in [2.45, 2.75) is 17.9 Å². The molecule has 4 rings (SSSR count). The summed E-state index contributed by atoms with van der Waals surface area (Å²) in [5, 5.41) is 18.2. The van der Waals surface area contributed by atoms with E-state index in [1.807, 2.05) is 0 Å². The number of nitrogens with zero attached hydrogens (tertiary/aromatic N) is 2. The first kappa shape index (κ1) is 22.4. The number of nitro groups is 1. The van der Waals surface area contributed by atoms with Gasteiger partial charge >= 0.3 is 5.97 Å². The third-order valence-corrected chi connectivity index (χ3v) is 6.42. The van der Waals surface area contributed by atoms with Gasteiger partial charge in [-0.25, -0.2) is 9.78 Å². The first-order chi connectivity index (χ1) is 15.8. The van der Waals surface area contributed by atoms with Crippen molar-refractivity contribution in [3.05, 3.63) is 63.5 Å². The lowest BCUT2D eigenvalue weighted by atomic mass is 10.1. The number of carbonyl (C=O) groups excluding carboxylic acids is 3. The van der Waals surface area contributed by atoms with Gasteiger partial charge in [-0.2, -0.15) is 0 Å². The van der Waals surface area contributed by atoms with E-state index in [9.17, 15) is 24.5 Å². The van der Waals surface area contributed by atoms with Crippen LogP contribution in [0.15, 0.2) is 52.7 Å². The van der Waals surface area contributed by atoms with Crippen molar-refractivity contribution >= 4 is 57.4 Å². The highest BCUT2D eigenvalue weighted by molar-refractivity contribution is 8.00. The summed E-state index contributed by atoms with van der Waals surface area (Å²) in [4.78, 5) is 52.1. The van der Waals surface area contributed by atoms with Gasteiger partial charge in [0.2, 0.25) is 5.91 Å². The third-order valence-electron chi connectivity index (χ3n) is 4.59. The van der Waals surface area contributed by atoms with Crippen molar-refractivity contribution in [3.63, 3.8) is 0 Å². The van der Waals surface area contributed by atoms with E-state index >= 15 is 0 Å². The summed E-state index contributed by atoms with van der Waals surface area (Å²) in [5.74, 6) is -1.13. The van der Waals surface area contributed by atoms with Crippen LogP contribution in [0.1, 0.15) is 17.3 Å². The fraction of sp³-hybridized carbons (Fsp3) is 0.143. The van der Waals surface area contributed by atoms with Gasteiger partial charge in [0.05, 0.1) is 27.6 Å². The minimum absolute atomic E-state index is 0.0630. The Bertz CT molecular complexity index is 1280. The Labute approximate surface area is 195 Å². The second-order valence-corrected chi connectivity index (χ2v) is 8.81. The van der Waals surface area contributed by atoms with Crippen LogP contribution in [0, 0.1) is 10.1 Å². The van der Waals surface area contributed by atoms with E-state index in [2.05, 4.69) is 15.6 Å². The predicted octanol–water partition coefficient (Wildman–Crippen LogP) is 3.95. The summed E-state index contributed by atoms with van der Waals surface area (Å²) in [6.45, 7) is 1.43. The van der Waals surface area contributed by atoms with E-state index in [4.69, 9.17) is 4.74 Å². The minimum atomic E-state index is -1.11. The van der Waals surface area contributed by atoms with Crippen molar-refractivity contribution in [2.75, 3.05) is 16.4 Å². The van der Waals surface area contributed by atoms with Crippen molar-refractivity contribution in [3.8, 4) is 11.3 Å². The van der Waals surface area contributed by atoms with E-state index in [1.54, 1.807) is 29.6 Å². The number of esters is 1. The standard InChI is InChI=1S/C21H16N4O6S2/c1-11(31-20(28)13-5-6-17-15(8-13)22-18(26)10-32-17)19(27)24-21-23-16(9-33-21)12-3-2-4-14(7-12)25(29)30/h2-9,11H,10H2,1H3,(H,22,26)(H,23,24,27). The fourth-order valence-electron chi connectivity index (χ4n) is 2.94. The van der Waals surface area contributed by atoms with Gasteiger partial charge in [0.15, 0.2) is 11.2 Å². The number of aromatic nitrogens is 1. The maximum absolute atomic E-state index is 12.5.